The number of rotatable bonds is 5. The largest absolute Gasteiger partial charge is 0.465 e. The number of hydrogen-bond donors (Lipinski definition) is 2. The van der Waals surface area contributed by atoms with E-state index in [1.807, 2.05) is 42.5 Å². The summed E-state index contributed by atoms with van der Waals surface area (Å²) in [4.78, 5) is 25.8. The number of hydrogen-bond acceptors (Lipinski definition) is 3. The first-order valence-electron chi connectivity index (χ1n) is 9.37. The molecule has 5 nitrogen and oxygen atoms in total. The first-order chi connectivity index (χ1) is 13.0. The van der Waals surface area contributed by atoms with Gasteiger partial charge in [-0.1, -0.05) is 50.2 Å². The van der Waals surface area contributed by atoms with Gasteiger partial charge < -0.3 is 15.0 Å². The van der Waals surface area contributed by atoms with Crippen LogP contribution in [0.5, 0.6) is 0 Å². The van der Waals surface area contributed by atoms with Crippen molar-refractivity contribution in [3.05, 3.63) is 65.2 Å². The van der Waals surface area contributed by atoms with E-state index in [0.29, 0.717) is 18.9 Å². The number of nitrogens with one attached hydrogen (secondary N) is 2. The lowest BCUT2D eigenvalue weighted by molar-refractivity contribution is -0.924. The second-order valence-corrected chi connectivity index (χ2v) is 7.39. The minimum atomic E-state index is -0.362. The molecule has 3 rings (SSSR count). The zero-order chi connectivity index (χ0) is 19.4. The number of esters is 1. The molecule has 0 radical (unpaired) electrons. The molecule has 0 saturated heterocycles. The molecule has 2 aromatic rings. The SMILES string of the molecule is COC(=O)[C@@H]1Cc2ccccc2C[NH+]1CC(=O)Nc1ccc(C(C)C)cc1. The maximum Gasteiger partial charge on any atom is 0.365 e. The smallest absolute Gasteiger partial charge is 0.365 e. The standard InChI is InChI=1S/C22H26N2O3/c1-15(2)16-8-10-19(11-9-16)23-21(25)14-24-13-18-7-5-4-6-17(18)12-20(24)22(26)27-3/h4-11,15,20H,12-14H2,1-3H3,(H,23,25)/p+1/t20-/m0/s1. The van der Waals surface area contributed by atoms with Gasteiger partial charge in [0.05, 0.1) is 7.11 Å². The Bertz CT molecular complexity index is 815. The normalized spacial score (nSPS) is 18.7. The molecule has 27 heavy (non-hydrogen) atoms. The topological polar surface area (TPSA) is 59.8 Å². The van der Waals surface area contributed by atoms with E-state index in [-0.39, 0.29) is 24.5 Å². The van der Waals surface area contributed by atoms with Crippen molar-refractivity contribution in [1.29, 1.82) is 0 Å². The van der Waals surface area contributed by atoms with Gasteiger partial charge in [-0.2, -0.15) is 0 Å². The molecule has 2 atom stereocenters. The van der Waals surface area contributed by atoms with E-state index in [2.05, 4.69) is 25.2 Å². The van der Waals surface area contributed by atoms with Crippen LogP contribution in [0.2, 0.25) is 0 Å². The van der Waals surface area contributed by atoms with E-state index in [1.165, 1.54) is 18.2 Å². The molecule has 0 saturated carbocycles. The van der Waals surface area contributed by atoms with Gasteiger partial charge in [-0.25, -0.2) is 4.79 Å². The van der Waals surface area contributed by atoms with Gasteiger partial charge in [-0.3, -0.25) is 4.79 Å². The number of carbonyl (C=O) groups excluding carboxylic acids is 2. The molecule has 0 aliphatic carbocycles. The molecule has 1 aliphatic heterocycles. The molecule has 1 aliphatic rings. The first kappa shape index (κ1) is 19.1. The third kappa shape index (κ3) is 4.55. The Hall–Kier alpha value is -2.66. The number of methoxy groups -OCH3 is 1. The fourth-order valence-corrected chi connectivity index (χ4v) is 3.60. The van der Waals surface area contributed by atoms with Gasteiger partial charge in [0, 0.05) is 17.7 Å². The summed E-state index contributed by atoms with van der Waals surface area (Å²) in [7, 11) is 1.40. The first-order valence-corrected chi connectivity index (χ1v) is 9.37. The summed E-state index contributed by atoms with van der Waals surface area (Å²) >= 11 is 0. The highest BCUT2D eigenvalue weighted by atomic mass is 16.5. The fraction of sp³-hybridized carbons (Fsp3) is 0.364. The maximum absolute atomic E-state index is 12.6. The van der Waals surface area contributed by atoms with Gasteiger partial charge in [0.15, 0.2) is 12.6 Å². The van der Waals surface area contributed by atoms with Crippen LogP contribution in [0.4, 0.5) is 5.69 Å². The monoisotopic (exact) mass is 367 g/mol. The van der Waals surface area contributed by atoms with Crippen molar-refractivity contribution in [2.24, 2.45) is 0 Å². The molecule has 5 heteroatoms. The summed E-state index contributed by atoms with van der Waals surface area (Å²) in [6.07, 6.45) is 0.592. The average molecular weight is 367 g/mol. The number of carbonyl (C=O) groups is 2. The Morgan fingerprint density at radius 2 is 1.78 bits per heavy atom. The van der Waals surface area contributed by atoms with Crippen LogP contribution in [0.3, 0.4) is 0 Å². The van der Waals surface area contributed by atoms with E-state index in [4.69, 9.17) is 4.74 Å². The lowest BCUT2D eigenvalue weighted by atomic mass is 9.94. The molecule has 1 unspecified atom stereocenters. The van der Waals surface area contributed by atoms with E-state index < -0.39 is 0 Å². The zero-order valence-corrected chi connectivity index (χ0v) is 16.1. The van der Waals surface area contributed by atoms with Crippen LogP contribution in [-0.4, -0.2) is 31.6 Å². The summed E-state index contributed by atoms with van der Waals surface area (Å²) in [5.74, 6) is 0.0811. The van der Waals surface area contributed by atoms with Crippen molar-refractivity contribution < 1.29 is 19.2 Å². The summed E-state index contributed by atoms with van der Waals surface area (Å²) < 4.78 is 4.98. The van der Waals surface area contributed by atoms with Crippen LogP contribution >= 0.6 is 0 Å². The lowest BCUT2D eigenvalue weighted by Crippen LogP contribution is -3.17. The molecular weight excluding hydrogens is 340 g/mol. The summed E-state index contributed by atoms with van der Waals surface area (Å²) in [5, 5.41) is 2.94. The molecule has 0 spiro atoms. The quantitative estimate of drug-likeness (QED) is 0.794. The lowest BCUT2D eigenvalue weighted by Gasteiger charge is -2.31. The Morgan fingerprint density at radius 1 is 1.11 bits per heavy atom. The van der Waals surface area contributed by atoms with Crippen LogP contribution in [-0.2, 0) is 27.3 Å². The highest BCUT2D eigenvalue weighted by Crippen LogP contribution is 2.17. The van der Waals surface area contributed by atoms with Gasteiger partial charge in [0.1, 0.15) is 6.54 Å². The predicted molar refractivity (Wildman–Crippen MR) is 105 cm³/mol. The number of ether oxygens (including phenoxy) is 1. The van der Waals surface area contributed by atoms with Crippen LogP contribution in [0.25, 0.3) is 0 Å². The molecule has 0 fully saturated rings. The van der Waals surface area contributed by atoms with Crippen molar-refractivity contribution in [3.8, 4) is 0 Å². The fourth-order valence-electron chi connectivity index (χ4n) is 3.60. The highest BCUT2D eigenvalue weighted by molar-refractivity contribution is 5.91. The van der Waals surface area contributed by atoms with Crippen molar-refractivity contribution >= 4 is 17.6 Å². The third-order valence-corrected chi connectivity index (χ3v) is 5.19. The van der Waals surface area contributed by atoms with Crippen LogP contribution in [0.15, 0.2) is 48.5 Å². The van der Waals surface area contributed by atoms with Gasteiger partial charge in [-0.15, -0.1) is 0 Å². The van der Waals surface area contributed by atoms with E-state index >= 15 is 0 Å². The number of anilines is 1. The third-order valence-electron chi connectivity index (χ3n) is 5.19. The predicted octanol–water partition coefficient (Wildman–Crippen LogP) is 1.93. The number of fused-ring (bicyclic) bond motifs is 1. The van der Waals surface area contributed by atoms with E-state index in [9.17, 15) is 9.59 Å². The molecular formula is C22H27N2O3+. The maximum atomic E-state index is 12.6. The van der Waals surface area contributed by atoms with Crippen molar-refractivity contribution in [1.82, 2.24) is 0 Å². The Labute approximate surface area is 160 Å². The number of quaternary nitrogens is 1. The number of benzene rings is 2. The molecule has 2 aromatic carbocycles. The Balaban J connectivity index is 1.70. The Kier molecular flexibility index (Phi) is 5.91. The van der Waals surface area contributed by atoms with Crippen molar-refractivity contribution in [2.45, 2.75) is 38.8 Å². The average Bonchev–Trinajstić information content (AvgIpc) is 2.67. The molecule has 0 bridgehead atoms. The van der Waals surface area contributed by atoms with Crippen molar-refractivity contribution in [3.63, 3.8) is 0 Å². The summed E-state index contributed by atoms with van der Waals surface area (Å²) in [6, 6.07) is 15.6. The second kappa shape index (κ2) is 8.35. The molecule has 142 valence electrons. The minimum absolute atomic E-state index is 0.101. The summed E-state index contributed by atoms with van der Waals surface area (Å²) in [5.41, 5.74) is 4.34. The zero-order valence-electron chi connectivity index (χ0n) is 16.1. The minimum Gasteiger partial charge on any atom is -0.465 e. The van der Waals surface area contributed by atoms with E-state index in [0.717, 1.165) is 16.2 Å². The van der Waals surface area contributed by atoms with Gasteiger partial charge in [-0.05, 0) is 29.2 Å². The van der Waals surface area contributed by atoms with Crippen molar-refractivity contribution in [2.75, 3.05) is 19.0 Å². The molecule has 1 heterocycles. The molecule has 2 N–H and O–H groups in total. The van der Waals surface area contributed by atoms with Crippen LogP contribution in [0, 0.1) is 0 Å². The second-order valence-electron chi connectivity index (χ2n) is 7.39. The molecule has 1 amide bonds. The Morgan fingerprint density at radius 3 is 2.41 bits per heavy atom. The van der Waals surface area contributed by atoms with E-state index in [1.54, 1.807) is 0 Å². The van der Waals surface area contributed by atoms with Crippen LogP contribution < -0.4 is 10.2 Å². The number of amides is 1. The van der Waals surface area contributed by atoms with Crippen LogP contribution in [0.1, 0.15) is 36.5 Å². The van der Waals surface area contributed by atoms with Gasteiger partial charge >= 0.3 is 5.97 Å². The summed E-state index contributed by atoms with van der Waals surface area (Å²) in [6.45, 7) is 5.13. The highest BCUT2D eigenvalue weighted by Gasteiger charge is 2.37. The van der Waals surface area contributed by atoms with Gasteiger partial charge in [0.2, 0.25) is 0 Å². The van der Waals surface area contributed by atoms with Gasteiger partial charge in [0.25, 0.3) is 5.91 Å². The molecule has 0 aromatic heterocycles.